The van der Waals surface area contributed by atoms with Gasteiger partial charge in [-0.3, -0.25) is 9.69 Å². The zero-order valence-electron chi connectivity index (χ0n) is 15.5. The lowest BCUT2D eigenvalue weighted by Gasteiger charge is -2.25. The van der Waals surface area contributed by atoms with Gasteiger partial charge in [-0.25, -0.2) is 0 Å². The summed E-state index contributed by atoms with van der Waals surface area (Å²) >= 11 is 1.91. The van der Waals surface area contributed by atoms with E-state index in [0.717, 1.165) is 60.8 Å². The predicted molar refractivity (Wildman–Crippen MR) is 107 cm³/mol. The maximum absolute atomic E-state index is 12.7. The molecule has 1 aromatic carbocycles. The summed E-state index contributed by atoms with van der Waals surface area (Å²) in [6.07, 6.45) is 1.31. The van der Waals surface area contributed by atoms with Crippen LogP contribution in [0, 0.1) is 0 Å². The van der Waals surface area contributed by atoms with Gasteiger partial charge in [0.25, 0.3) is 5.91 Å². The highest BCUT2D eigenvalue weighted by Gasteiger charge is 2.26. The Morgan fingerprint density at radius 2 is 2.04 bits per heavy atom. The third-order valence-corrected chi connectivity index (χ3v) is 6.27. The number of benzene rings is 1. The van der Waals surface area contributed by atoms with Crippen molar-refractivity contribution in [1.29, 1.82) is 0 Å². The summed E-state index contributed by atoms with van der Waals surface area (Å²) in [5, 5.41) is 1.06. The first-order valence-corrected chi connectivity index (χ1v) is 10.7. The van der Waals surface area contributed by atoms with E-state index >= 15 is 0 Å². The lowest BCUT2D eigenvalue weighted by atomic mass is 10.2. The maximum atomic E-state index is 12.7. The number of hydrogen-bond acceptors (Lipinski definition) is 4. The molecule has 4 rings (SSSR count). The van der Waals surface area contributed by atoms with E-state index < -0.39 is 0 Å². The standard InChI is InChI=1S/C20H27N3O2S/c1-14(2)23-6-5-17(13-23)25-16-4-3-15-11-19(21-18(15)12-16)20(24)22-7-9-26-10-8-22/h3-4,11-12,14,17,21H,5-10,13H2,1-2H3. The Morgan fingerprint density at radius 1 is 1.23 bits per heavy atom. The van der Waals surface area contributed by atoms with E-state index in [4.69, 9.17) is 4.74 Å². The maximum Gasteiger partial charge on any atom is 0.270 e. The molecule has 0 spiro atoms. The largest absolute Gasteiger partial charge is 0.489 e. The van der Waals surface area contributed by atoms with Crippen LogP contribution < -0.4 is 4.74 Å². The summed E-state index contributed by atoms with van der Waals surface area (Å²) < 4.78 is 6.19. The summed E-state index contributed by atoms with van der Waals surface area (Å²) in [5.41, 5.74) is 1.65. The van der Waals surface area contributed by atoms with Crippen molar-refractivity contribution in [3.63, 3.8) is 0 Å². The monoisotopic (exact) mass is 373 g/mol. The quantitative estimate of drug-likeness (QED) is 0.894. The third-order valence-electron chi connectivity index (χ3n) is 5.33. The molecule has 2 saturated heterocycles. The van der Waals surface area contributed by atoms with Crippen LogP contribution in [0.4, 0.5) is 0 Å². The number of aromatic nitrogens is 1. The van der Waals surface area contributed by atoms with Crippen molar-refractivity contribution >= 4 is 28.6 Å². The Hall–Kier alpha value is -1.66. The van der Waals surface area contributed by atoms with Crippen LogP contribution >= 0.6 is 11.8 Å². The Kier molecular flexibility index (Phi) is 5.14. The van der Waals surface area contributed by atoms with Crippen molar-refractivity contribution in [2.24, 2.45) is 0 Å². The minimum atomic E-state index is 0.104. The molecule has 1 N–H and O–H groups in total. The minimum absolute atomic E-state index is 0.104. The van der Waals surface area contributed by atoms with Crippen LogP contribution in [-0.2, 0) is 0 Å². The van der Waals surface area contributed by atoms with Crippen LogP contribution in [0.3, 0.4) is 0 Å². The van der Waals surface area contributed by atoms with Gasteiger partial charge in [0.1, 0.15) is 17.5 Å². The predicted octanol–water partition coefficient (Wildman–Crippen LogP) is 3.22. The van der Waals surface area contributed by atoms with Gasteiger partial charge in [0.15, 0.2) is 0 Å². The van der Waals surface area contributed by atoms with E-state index in [9.17, 15) is 4.79 Å². The molecule has 1 amide bonds. The molecule has 140 valence electrons. The summed E-state index contributed by atoms with van der Waals surface area (Å²) in [6.45, 7) is 8.21. The number of hydrogen-bond donors (Lipinski definition) is 1. The van der Waals surface area contributed by atoms with E-state index in [0.29, 0.717) is 11.7 Å². The molecular formula is C20H27N3O2S. The number of likely N-dealkylation sites (tertiary alicyclic amines) is 1. The van der Waals surface area contributed by atoms with Gasteiger partial charge in [-0.2, -0.15) is 11.8 Å². The molecular weight excluding hydrogens is 346 g/mol. The zero-order valence-corrected chi connectivity index (χ0v) is 16.3. The van der Waals surface area contributed by atoms with Gasteiger partial charge in [-0.15, -0.1) is 0 Å². The van der Waals surface area contributed by atoms with E-state index in [-0.39, 0.29) is 12.0 Å². The molecule has 6 heteroatoms. The number of nitrogens with zero attached hydrogens (tertiary/aromatic N) is 2. The number of carbonyl (C=O) groups is 1. The van der Waals surface area contributed by atoms with Gasteiger partial charge in [0.05, 0.1) is 0 Å². The summed E-state index contributed by atoms with van der Waals surface area (Å²) in [7, 11) is 0. The Morgan fingerprint density at radius 3 is 2.77 bits per heavy atom. The average Bonchev–Trinajstić information content (AvgIpc) is 3.28. The highest BCUT2D eigenvalue weighted by atomic mass is 32.2. The molecule has 3 heterocycles. The molecule has 0 bridgehead atoms. The second-order valence-corrected chi connectivity index (χ2v) is 8.68. The average molecular weight is 374 g/mol. The fourth-order valence-electron chi connectivity index (χ4n) is 3.74. The van der Waals surface area contributed by atoms with Crippen LogP contribution in [-0.4, -0.2) is 70.5 Å². The first-order valence-electron chi connectivity index (χ1n) is 9.50. The van der Waals surface area contributed by atoms with E-state index in [1.54, 1.807) is 0 Å². The number of thioether (sulfide) groups is 1. The molecule has 0 radical (unpaired) electrons. The number of carbonyl (C=O) groups excluding carboxylic acids is 1. The molecule has 26 heavy (non-hydrogen) atoms. The molecule has 1 aromatic heterocycles. The van der Waals surface area contributed by atoms with Gasteiger partial charge in [0.2, 0.25) is 0 Å². The van der Waals surface area contributed by atoms with Crippen molar-refractivity contribution in [2.45, 2.75) is 32.4 Å². The van der Waals surface area contributed by atoms with Gasteiger partial charge in [0, 0.05) is 60.7 Å². The lowest BCUT2D eigenvalue weighted by Crippen LogP contribution is -2.38. The number of amides is 1. The van der Waals surface area contributed by atoms with Crippen molar-refractivity contribution in [3.05, 3.63) is 30.0 Å². The molecule has 2 aliphatic rings. The fraction of sp³-hybridized carbons (Fsp3) is 0.550. The van der Waals surface area contributed by atoms with Gasteiger partial charge in [-0.1, -0.05) is 0 Å². The molecule has 1 atom stereocenters. The summed E-state index contributed by atoms with van der Waals surface area (Å²) in [5.74, 6) is 3.04. The molecule has 0 aliphatic carbocycles. The third kappa shape index (κ3) is 3.71. The molecule has 2 aromatic rings. The van der Waals surface area contributed by atoms with Crippen molar-refractivity contribution in [1.82, 2.24) is 14.8 Å². The first-order chi connectivity index (χ1) is 12.6. The first kappa shape index (κ1) is 17.7. The van der Waals surface area contributed by atoms with Crippen molar-refractivity contribution in [2.75, 3.05) is 37.7 Å². The molecule has 5 nitrogen and oxygen atoms in total. The highest BCUT2D eigenvalue weighted by molar-refractivity contribution is 7.99. The SMILES string of the molecule is CC(C)N1CCC(Oc2ccc3cc(C(=O)N4CCSCC4)[nH]c3c2)C1. The number of aromatic amines is 1. The summed E-state index contributed by atoms with van der Waals surface area (Å²) in [4.78, 5) is 20.4. The number of nitrogens with one attached hydrogen (secondary N) is 1. The van der Waals surface area contributed by atoms with Gasteiger partial charge < -0.3 is 14.6 Å². The molecule has 2 fully saturated rings. The number of ether oxygens (including phenoxy) is 1. The Balaban J connectivity index is 1.46. The van der Waals surface area contributed by atoms with E-state index in [1.165, 1.54) is 0 Å². The van der Waals surface area contributed by atoms with E-state index in [2.05, 4.69) is 23.7 Å². The van der Waals surface area contributed by atoms with E-state index in [1.807, 2.05) is 40.9 Å². The fourth-order valence-corrected chi connectivity index (χ4v) is 4.65. The van der Waals surface area contributed by atoms with Crippen molar-refractivity contribution in [3.8, 4) is 5.75 Å². The van der Waals surface area contributed by atoms with Crippen LogP contribution in [0.5, 0.6) is 5.75 Å². The minimum Gasteiger partial charge on any atom is -0.489 e. The van der Waals surface area contributed by atoms with Crippen LogP contribution in [0.2, 0.25) is 0 Å². The second kappa shape index (κ2) is 7.53. The number of rotatable bonds is 4. The molecule has 0 saturated carbocycles. The normalized spacial score (nSPS) is 21.7. The topological polar surface area (TPSA) is 48.6 Å². The number of fused-ring (bicyclic) bond motifs is 1. The number of H-pyrrole nitrogens is 1. The zero-order chi connectivity index (χ0) is 18.1. The summed E-state index contributed by atoms with van der Waals surface area (Å²) in [6, 6.07) is 8.60. The van der Waals surface area contributed by atoms with Crippen LogP contribution in [0.25, 0.3) is 10.9 Å². The van der Waals surface area contributed by atoms with Gasteiger partial charge in [-0.05, 0) is 38.5 Å². The second-order valence-electron chi connectivity index (χ2n) is 7.45. The molecule has 2 aliphatic heterocycles. The van der Waals surface area contributed by atoms with Crippen LogP contribution in [0.15, 0.2) is 24.3 Å². The lowest BCUT2D eigenvalue weighted by molar-refractivity contribution is 0.0767. The van der Waals surface area contributed by atoms with Crippen LogP contribution in [0.1, 0.15) is 30.8 Å². The van der Waals surface area contributed by atoms with Crippen molar-refractivity contribution < 1.29 is 9.53 Å². The Bertz CT molecular complexity index is 782. The molecule has 1 unspecified atom stereocenters. The Labute approximate surface area is 159 Å². The smallest absolute Gasteiger partial charge is 0.270 e. The highest BCUT2D eigenvalue weighted by Crippen LogP contribution is 2.25. The van der Waals surface area contributed by atoms with Gasteiger partial charge >= 0.3 is 0 Å².